The number of aromatic nitrogens is 1. The Bertz CT molecular complexity index is 912. The summed E-state index contributed by atoms with van der Waals surface area (Å²) in [6.07, 6.45) is 10.3. The molecule has 1 aliphatic carbocycles. The van der Waals surface area contributed by atoms with Gasteiger partial charge in [0, 0.05) is 26.3 Å². The molecule has 0 aromatic carbocycles. The molecule has 1 aliphatic heterocycles. The summed E-state index contributed by atoms with van der Waals surface area (Å²) in [5.74, 6) is 0.499. The second-order valence-corrected chi connectivity index (χ2v) is 9.26. The Balaban J connectivity index is 1.63. The molecule has 1 unspecified atom stereocenters. The molecule has 1 N–H and O–H groups in total. The first-order valence-electron chi connectivity index (χ1n) is 11.9. The standard InChI is InChI=1S/C25H35N3O4/c1-25(24(30)26-19-10-6-4-3-5-7-11-19)18-27-20(22-12-8-17-32-22)13-14-21(27)23(29)28(25)15-9-16-31-2/h8,12-14,17,19H,3-7,9-11,15-16,18H2,1-2H3,(H,26,30). The zero-order valence-corrected chi connectivity index (χ0v) is 19.3. The van der Waals surface area contributed by atoms with Crippen molar-refractivity contribution in [1.82, 2.24) is 14.8 Å². The van der Waals surface area contributed by atoms with Gasteiger partial charge in [0.25, 0.3) is 5.91 Å². The number of nitrogens with zero attached hydrogens (tertiary/aromatic N) is 2. The zero-order valence-electron chi connectivity index (χ0n) is 19.3. The lowest BCUT2D eigenvalue weighted by Gasteiger charge is -2.45. The smallest absolute Gasteiger partial charge is 0.271 e. The summed E-state index contributed by atoms with van der Waals surface area (Å²) in [5.41, 5.74) is 0.422. The third-order valence-corrected chi connectivity index (χ3v) is 6.94. The van der Waals surface area contributed by atoms with Gasteiger partial charge in [0.05, 0.1) is 18.5 Å². The summed E-state index contributed by atoms with van der Waals surface area (Å²) in [5, 5.41) is 3.31. The number of rotatable bonds is 7. The van der Waals surface area contributed by atoms with Crippen molar-refractivity contribution in [3.05, 3.63) is 36.2 Å². The van der Waals surface area contributed by atoms with Crippen molar-refractivity contribution in [1.29, 1.82) is 0 Å². The molecule has 2 aromatic heterocycles. The molecule has 1 fully saturated rings. The van der Waals surface area contributed by atoms with Gasteiger partial charge in [-0.05, 0) is 50.5 Å². The minimum atomic E-state index is -0.986. The van der Waals surface area contributed by atoms with Crippen LogP contribution in [0.5, 0.6) is 0 Å². The molecule has 1 saturated carbocycles. The van der Waals surface area contributed by atoms with E-state index in [4.69, 9.17) is 9.15 Å². The zero-order chi connectivity index (χ0) is 22.6. The molecule has 0 radical (unpaired) electrons. The normalized spacial score (nSPS) is 22.3. The van der Waals surface area contributed by atoms with Gasteiger partial charge in [0.15, 0.2) is 0 Å². The third-order valence-electron chi connectivity index (χ3n) is 6.94. The summed E-state index contributed by atoms with van der Waals surface area (Å²) in [4.78, 5) is 29.0. The van der Waals surface area contributed by atoms with Crippen LogP contribution >= 0.6 is 0 Å². The number of amides is 2. The van der Waals surface area contributed by atoms with Crippen LogP contribution in [0.2, 0.25) is 0 Å². The molecule has 7 nitrogen and oxygen atoms in total. The average molecular weight is 442 g/mol. The van der Waals surface area contributed by atoms with E-state index in [1.807, 2.05) is 35.8 Å². The number of carbonyl (C=O) groups is 2. The van der Waals surface area contributed by atoms with Crippen molar-refractivity contribution in [2.45, 2.75) is 76.4 Å². The highest BCUT2D eigenvalue weighted by atomic mass is 16.5. The summed E-state index contributed by atoms with van der Waals surface area (Å²) in [7, 11) is 1.65. The van der Waals surface area contributed by atoms with E-state index in [1.54, 1.807) is 18.3 Å². The van der Waals surface area contributed by atoms with Gasteiger partial charge in [0.1, 0.15) is 17.0 Å². The maximum atomic E-state index is 13.7. The van der Waals surface area contributed by atoms with Crippen LogP contribution in [0.25, 0.3) is 11.5 Å². The minimum Gasteiger partial charge on any atom is -0.463 e. The Morgan fingerprint density at radius 2 is 1.88 bits per heavy atom. The van der Waals surface area contributed by atoms with Crippen molar-refractivity contribution in [2.24, 2.45) is 0 Å². The van der Waals surface area contributed by atoms with E-state index in [9.17, 15) is 9.59 Å². The van der Waals surface area contributed by atoms with Crippen LogP contribution < -0.4 is 5.32 Å². The first-order valence-corrected chi connectivity index (χ1v) is 11.9. The Kier molecular flexibility index (Phi) is 7.04. The minimum absolute atomic E-state index is 0.0708. The number of furan rings is 1. The highest BCUT2D eigenvalue weighted by molar-refractivity contribution is 6.00. The number of fused-ring (bicyclic) bond motifs is 1. The molecule has 2 aromatic rings. The average Bonchev–Trinajstić information content (AvgIpc) is 3.42. The van der Waals surface area contributed by atoms with Crippen LogP contribution in [0, 0.1) is 0 Å². The van der Waals surface area contributed by atoms with Gasteiger partial charge in [-0.2, -0.15) is 0 Å². The molecule has 3 heterocycles. The summed E-state index contributed by atoms with van der Waals surface area (Å²) in [6, 6.07) is 7.61. The Labute approximate surface area is 190 Å². The predicted molar refractivity (Wildman–Crippen MR) is 122 cm³/mol. The third kappa shape index (κ3) is 4.49. The lowest BCUT2D eigenvalue weighted by atomic mass is 9.92. The van der Waals surface area contributed by atoms with Crippen LogP contribution in [0.4, 0.5) is 0 Å². The Hall–Kier alpha value is -2.54. The molecule has 2 aliphatic rings. The van der Waals surface area contributed by atoms with Gasteiger partial charge in [-0.25, -0.2) is 0 Å². The molecule has 32 heavy (non-hydrogen) atoms. The molecular formula is C25H35N3O4. The van der Waals surface area contributed by atoms with Crippen molar-refractivity contribution < 1.29 is 18.7 Å². The van der Waals surface area contributed by atoms with Crippen LogP contribution in [0.1, 0.15) is 68.8 Å². The number of nitrogens with one attached hydrogen (secondary N) is 1. The monoisotopic (exact) mass is 441 g/mol. The van der Waals surface area contributed by atoms with Gasteiger partial charge in [-0.15, -0.1) is 0 Å². The van der Waals surface area contributed by atoms with E-state index in [0.29, 0.717) is 37.6 Å². The molecule has 2 amide bonds. The summed E-state index contributed by atoms with van der Waals surface area (Å²) < 4.78 is 12.7. The summed E-state index contributed by atoms with van der Waals surface area (Å²) in [6.45, 7) is 3.30. The Morgan fingerprint density at radius 1 is 1.16 bits per heavy atom. The number of ether oxygens (including phenoxy) is 1. The quantitative estimate of drug-likeness (QED) is 0.653. The molecule has 0 spiro atoms. The molecule has 174 valence electrons. The molecule has 4 rings (SSSR count). The van der Waals surface area contributed by atoms with E-state index in [-0.39, 0.29) is 17.9 Å². The van der Waals surface area contributed by atoms with E-state index < -0.39 is 5.54 Å². The number of hydrogen-bond donors (Lipinski definition) is 1. The number of hydrogen-bond acceptors (Lipinski definition) is 4. The fourth-order valence-electron chi connectivity index (χ4n) is 5.07. The summed E-state index contributed by atoms with van der Waals surface area (Å²) >= 11 is 0. The highest BCUT2D eigenvalue weighted by Gasteiger charge is 2.48. The topological polar surface area (TPSA) is 76.7 Å². The van der Waals surface area contributed by atoms with Crippen LogP contribution in [0.3, 0.4) is 0 Å². The van der Waals surface area contributed by atoms with Gasteiger partial charge in [-0.3, -0.25) is 9.59 Å². The fraction of sp³-hybridized carbons (Fsp3) is 0.600. The highest BCUT2D eigenvalue weighted by Crippen LogP contribution is 2.33. The van der Waals surface area contributed by atoms with E-state index in [1.165, 1.54) is 19.3 Å². The van der Waals surface area contributed by atoms with Gasteiger partial charge in [0.2, 0.25) is 5.91 Å². The second kappa shape index (κ2) is 9.94. The molecule has 0 bridgehead atoms. The van der Waals surface area contributed by atoms with Crippen LogP contribution in [0.15, 0.2) is 34.9 Å². The Morgan fingerprint density at radius 3 is 2.56 bits per heavy atom. The van der Waals surface area contributed by atoms with E-state index >= 15 is 0 Å². The predicted octanol–water partition coefficient (Wildman–Crippen LogP) is 4.23. The first kappa shape index (κ1) is 22.6. The second-order valence-electron chi connectivity index (χ2n) is 9.26. The molecule has 1 atom stereocenters. The number of methoxy groups -OCH3 is 1. The van der Waals surface area contributed by atoms with Crippen molar-refractivity contribution in [3.8, 4) is 11.5 Å². The van der Waals surface area contributed by atoms with E-state index in [0.717, 1.165) is 31.4 Å². The van der Waals surface area contributed by atoms with Gasteiger partial charge in [-0.1, -0.05) is 32.1 Å². The van der Waals surface area contributed by atoms with Gasteiger partial charge >= 0.3 is 0 Å². The molecule has 0 saturated heterocycles. The maximum Gasteiger partial charge on any atom is 0.271 e. The van der Waals surface area contributed by atoms with E-state index in [2.05, 4.69) is 5.32 Å². The van der Waals surface area contributed by atoms with Crippen molar-refractivity contribution >= 4 is 11.8 Å². The fourth-order valence-corrected chi connectivity index (χ4v) is 5.07. The SMILES string of the molecule is COCCCN1C(=O)c2ccc(-c3ccco3)n2CC1(C)C(=O)NC1CCCCCCC1. The molecular weight excluding hydrogens is 406 g/mol. The number of carbonyl (C=O) groups excluding carboxylic acids is 2. The van der Waals surface area contributed by atoms with Crippen molar-refractivity contribution in [2.75, 3.05) is 20.3 Å². The lowest BCUT2D eigenvalue weighted by molar-refractivity contribution is -0.133. The lowest BCUT2D eigenvalue weighted by Crippen LogP contribution is -2.65. The maximum absolute atomic E-state index is 13.7. The van der Waals surface area contributed by atoms with Gasteiger partial charge < -0.3 is 23.9 Å². The largest absolute Gasteiger partial charge is 0.463 e. The van der Waals surface area contributed by atoms with Crippen LogP contribution in [-0.2, 0) is 16.1 Å². The first-order chi connectivity index (χ1) is 15.5. The van der Waals surface area contributed by atoms with Crippen molar-refractivity contribution in [3.63, 3.8) is 0 Å². The molecule has 7 heteroatoms. The van der Waals surface area contributed by atoms with Crippen LogP contribution in [-0.4, -0.2) is 53.1 Å².